The molecule has 0 bridgehead atoms. The van der Waals surface area contributed by atoms with Crippen molar-refractivity contribution < 1.29 is 33.9 Å². The van der Waals surface area contributed by atoms with Crippen molar-refractivity contribution in [1.82, 2.24) is 24.7 Å². The third-order valence-electron chi connectivity index (χ3n) is 18.3. The number of hydrogen-bond donors (Lipinski definition) is 6. The summed E-state index contributed by atoms with van der Waals surface area (Å²) in [6.45, 7) is 1.79. The molecule has 3 fully saturated rings. The van der Waals surface area contributed by atoms with Crippen LogP contribution in [-0.2, 0) is 80.1 Å². The first kappa shape index (κ1) is 59.6. The number of fused-ring (bicyclic) bond motifs is 10. The lowest BCUT2D eigenvalue weighted by Gasteiger charge is -2.24. The largest absolute Gasteiger partial charge is 0.480 e. The Labute approximate surface area is 518 Å². The maximum Gasteiger partial charge on any atom is 0.326 e. The van der Waals surface area contributed by atoms with Gasteiger partial charge in [0.05, 0.1) is 25.3 Å². The van der Waals surface area contributed by atoms with Gasteiger partial charge in [-0.25, -0.2) is 4.79 Å². The molecule has 5 heterocycles. The fourth-order valence-electron chi connectivity index (χ4n) is 14.0. The summed E-state index contributed by atoms with van der Waals surface area (Å²) in [5.41, 5.74) is 30.1. The molecule has 4 amide bonds. The molecule has 15 nitrogen and oxygen atoms in total. The van der Waals surface area contributed by atoms with E-state index in [1.165, 1.54) is 43.8 Å². The number of aromatic amines is 2. The number of ketones is 1. The number of anilines is 3. The molecule has 89 heavy (non-hydrogen) atoms. The summed E-state index contributed by atoms with van der Waals surface area (Å²) in [6.07, 6.45) is 11.6. The van der Waals surface area contributed by atoms with Crippen LogP contribution in [0.15, 0.2) is 164 Å². The summed E-state index contributed by atoms with van der Waals surface area (Å²) in [5.74, 6) is -1.03. The fraction of sp³-hybridized carbons (Fsp3) is 0.297. The van der Waals surface area contributed by atoms with E-state index >= 15 is 0 Å². The first-order chi connectivity index (χ1) is 43.3. The van der Waals surface area contributed by atoms with Crippen LogP contribution >= 0.6 is 0 Å². The van der Waals surface area contributed by atoms with E-state index in [0.717, 1.165) is 125 Å². The first-order valence-electron chi connectivity index (χ1n) is 31.4. The summed E-state index contributed by atoms with van der Waals surface area (Å²) >= 11 is 0. The lowest BCUT2D eigenvalue weighted by Crippen LogP contribution is -2.43. The molecule has 14 rings (SSSR count). The van der Waals surface area contributed by atoms with E-state index in [9.17, 15) is 28.8 Å². The van der Waals surface area contributed by atoms with Crippen molar-refractivity contribution in [2.24, 2.45) is 0 Å². The molecule has 0 saturated carbocycles. The van der Waals surface area contributed by atoms with Crippen molar-refractivity contribution in [2.75, 3.05) is 36.4 Å². The summed E-state index contributed by atoms with van der Waals surface area (Å²) in [6, 6.07) is 52.0. The van der Waals surface area contributed by atoms with E-state index in [-0.39, 0.29) is 41.9 Å². The molecule has 5 aliphatic rings. The number of likely N-dealkylation sites (tertiary alicyclic amines) is 3. The number of carbonyl (C=O) groups excluding carboxylic acids is 5. The maximum atomic E-state index is 13.6. The number of hydrogen-bond acceptors (Lipinski definition) is 8. The van der Waals surface area contributed by atoms with Gasteiger partial charge in [0.25, 0.3) is 0 Å². The van der Waals surface area contributed by atoms with Crippen molar-refractivity contribution in [3.05, 3.63) is 208 Å². The lowest BCUT2D eigenvalue weighted by atomic mass is 9.98. The number of carbonyl (C=O) groups is 6. The van der Waals surface area contributed by atoms with Gasteiger partial charge in [0.15, 0.2) is 5.78 Å². The first-order valence-corrected chi connectivity index (χ1v) is 31.4. The smallest absolute Gasteiger partial charge is 0.326 e. The minimum atomic E-state index is -0.899. The van der Waals surface area contributed by atoms with Gasteiger partial charge in [-0.1, -0.05) is 109 Å². The molecular formula is C74H76N8O7. The van der Waals surface area contributed by atoms with E-state index in [0.29, 0.717) is 58.2 Å². The van der Waals surface area contributed by atoms with Crippen LogP contribution in [0.5, 0.6) is 0 Å². The minimum Gasteiger partial charge on any atom is -0.480 e. The second-order valence-electron chi connectivity index (χ2n) is 24.3. The highest BCUT2D eigenvalue weighted by Crippen LogP contribution is 2.40. The number of aliphatic carboxylic acids is 1. The predicted octanol–water partition coefficient (Wildman–Crippen LogP) is 11.6. The Hall–Kier alpha value is -9.76. The third-order valence-corrected chi connectivity index (χ3v) is 18.3. The van der Waals surface area contributed by atoms with Gasteiger partial charge in [0, 0.05) is 87.4 Å². The zero-order valence-electron chi connectivity index (χ0n) is 50.1. The molecule has 15 heteroatoms. The van der Waals surface area contributed by atoms with Crippen LogP contribution in [0.3, 0.4) is 0 Å². The number of rotatable bonds is 12. The van der Waals surface area contributed by atoms with E-state index in [1.807, 2.05) is 115 Å². The molecule has 9 aromatic rings. The molecule has 454 valence electrons. The number of aryl methyl sites for hydroxylation is 4. The Morgan fingerprint density at radius 1 is 0.449 bits per heavy atom. The van der Waals surface area contributed by atoms with E-state index in [4.69, 9.17) is 16.6 Å². The molecule has 2 aromatic heterocycles. The molecule has 3 aliphatic heterocycles. The number of amides is 4. The van der Waals surface area contributed by atoms with Gasteiger partial charge in [0.1, 0.15) is 12.1 Å². The van der Waals surface area contributed by atoms with Gasteiger partial charge in [-0.3, -0.25) is 24.0 Å². The van der Waals surface area contributed by atoms with Crippen LogP contribution in [0.4, 0.5) is 17.1 Å². The highest BCUT2D eigenvalue weighted by molar-refractivity contribution is 5.99. The van der Waals surface area contributed by atoms with Crippen LogP contribution in [0, 0.1) is 0 Å². The molecule has 0 radical (unpaired) electrons. The van der Waals surface area contributed by atoms with Crippen LogP contribution in [0.1, 0.15) is 95.9 Å². The summed E-state index contributed by atoms with van der Waals surface area (Å²) in [5, 5.41) is 14.5. The molecule has 3 saturated heterocycles. The van der Waals surface area contributed by atoms with Gasteiger partial charge >= 0.3 is 5.97 Å². The topological polar surface area (TPSA) is 228 Å². The molecule has 3 atom stereocenters. The van der Waals surface area contributed by atoms with Crippen molar-refractivity contribution in [3.8, 4) is 22.5 Å². The van der Waals surface area contributed by atoms with Crippen molar-refractivity contribution in [1.29, 1.82) is 0 Å². The molecule has 7 aromatic carbocycles. The monoisotopic (exact) mass is 1190 g/mol. The van der Waals surface area contributed by atoms with Crippen LogP contribution in [0.2, 0.25) is 0 Å². The average Bonchev–Trinajstić information content (AvgIpc) is 1.89. The Balaban J connectivity index is 0.000000168. The van der Waals surface area contributed by atoms with Crippen LogP contribution < -0.4 is 16.8 Å². The van der Waals surface area contributed by atoms with Gasteiger partial charge < -0.3 is 46.6 Å². The highest BCUT2D eigenvalue weighted by Gasteiger charge is 2.37. The Kier molecular flexibility index (Phi) is 17.9. The summed E-state index contributed by atoms with van der Waals surface area (Å²) < 4.78 is 0. The molecule has 2 aliphatic carbocycles. The fourth-order valence-corrected chi connectivity index (χ4v) is 14.0. The predicted molar refractivity (Wildman–Crippen MR) is 350 cm³/mol. The van der Waals surface area contributed by atoms with E-state index < -0.39 is 18.1 Å². The standard InChI is InChI=1S/C44H44N4O4.C17H17N3.C13H15NO3/c49-40(38-16-8-22-47(38)41(50)26-29-10-3-1-4-11-29)25-31-18-21-37-36(24-31)35-15-7-14-32-28-33(19-20-34(32)43(35)46-37)45-44(52)39-17-9-23-48(39)42(51)27-30-12-5-2-6-13-30;18-11-4-6-13-10(8-11)2-1-3-14-15-9-12(19)5-7-16(15)20-17(13)14;15-12(9-10-5-2-1-3-6-10)14-8-4-7-11(14)13(16)17/h1-6,10-13,18-21,24,28,38-39,46H,7-9,14-17,22-23,25-27H2,(H,45,52);4-9,20H,1-3,18-19H2;1-3,5-6,11H,4,7-9H2,(H,16,17)/t38-,39-;;11-/m0.0/s1. The van der Waals surface area contributed by atoms with Crippen molar-refractivity contribution in [3.63, 3.8) is 0 Å². The number of aromatic nitrogens is 2. The molecule has 0 spiro atoms. The number of carboxylic acids is 1. The molecular weight excluding hydrogens is 1110 g/mol. The average molecular weight is 1190 g/mol. The number of carboxylic acid groups (broad SMARTS) is 1. The number of benzene rings is 7. The number of nitrogens with zero attached hydrogens (tertiary/aromatic N) is 3. The van der Waals surface area contributed by atoms with Crippen molar-refractivity contribution >= 4 is 74.2 Å². The zero-order valence-corrected chi connectivity index (χ0v) is 50.1. The van der Waals surface area contributed by atoms with Gasteiger partial charge in [0.2, 0.25) is 23.6 Å². The third kappa shape index (κ3) is 13.4. The maximum absolute atomic E-state index is 13.6. The van der Waals surface area contributed by atoms with Gasteiger partial charge in [-0.15, -0.1) is 0 Å². The number of nitrogens with two attached hydrogens (primary N) is 2. The quantitative estimate of drug-likeness (QED) is 0.0639. The minimum absolute atomic E-state index is 0.0147. The number of H-pyrrole nitrogens is 2. The van der Waals surface area contributed by atoms with Crippen LogP contribution in [0.25, 0.3) is 44.3 Å². The highest BCUT2D eigenvalue weighted by atomic mass is 16.4. The summed E-state index contributed by atoms with van der Waals surface area (Å²) in [4.78, 5) is 88.7. The van der Waals surface area contributed by atoms with E-state index in [2.05, 4.69) is 63.8 Å². The van der Waals surface area contributed by atoms with Gasteiger partial charge in [-0.05, 0) is 176 Å². The second kappa shape index (κ2) is 26.7. The van der Waals surface area contributed by atoms with E-state index in [1.54, 1.807) is 9.80 Å². The second-order valence-corrected chi connectivity index (χ2v) is 24.3. The number of nitrogen functional groups attached to an aromatic ring is 2. The SMILES string of the molecule is Nc1ccc2c(c1)CCCc1c-2[nH]c2ccc(N)cc12.O=C(Cc1ccc2[nH]c3c(c2c1)CCCc1cc(NC(=O)[C@@H]2CCCN2C(=O)Cc2ccccc2)ccc1-3)[C@@H]1CCCN1C(=O)Cc1ccccc1.O=C(O)[C@@H]1CCCN1C(=O)Cc1ccccc1. The molecule has 0 unspecified atom stereocenters. The Bertz CT molecular complexity index is 4100. The van der Waals surface area contributed by atoms with Crippen LogP contribution in [-0.4, -0.2) is 103 Å². The number of nitrogens with one attached hydrogen (secondary N) is 3. The summed E-state index contributed by atoms with van der Waals surface area (Å²) in [7, 11) is 0. The molecule has 8 N–H and O–H groups in total. The zero-order chi connectivity index (χ0) is 61.5. The van der Waals surface area contributed by atoms with Gasteiger partial charge in [-0.2, -0.15) is 0 Å². The number of Topliss-reactive ketones (excluding diaryl/α,β-unsaturated/α-hetero) is 1. The Morgan fingerprint density at radius 2 is 0.899 bits per heavy atom. The lowest BCUT2D eigenvalue weighted by molar-refractivity contribution is -0.148. The Morgan fingerprint density at radius 3 is 1.45 bits per heavy atom. The normalized spacial score (nSPS) is 17.4. The van der Waals surface area contributed by atoms with Crippen molar-refractivity contribution in [2.45, 2.75) is 121 Å².